The molecule has 0 radical (unpaired) electrons. The zero-order chi connectivity index (χ0) is 19.8. The summed E-state index contributed by atoms with van der Waals surface area (Å²) in [7, 11) is 0. The van der Waals surface area contributed by atoms with Crippen molar-refractivity contribution in [1.29, 1.82) is 0 Å². The van der Waals surface area contributed by atoms with E-state index in [1.807, 2.05) is 0 Å². The van der Waals surface area contributed by atoms with Gasteiger partial charge in [-0.15, -0.1) is 10.2 Å². The summed E-state index contributed by atoms with van der Waals surface area (Å²) in [5, 5.41) is 14.9. The molecule has 0 aliphatic carbocycles. The topological polar surface area (TPSA) is 37.8 Å². The van der Waals surface area contributed by atoms with E-state index in [4.69, 9.17) is 0 Å². The molecule has 1 aromatic heterocycles. The number of rotatable bonds is 3. The van der Waals surface area contributed by atoms with Gasteiger partial charge >= 0.3 is 0 Å². The lowest BCUT2D eigenvalue weighted by molar-refractivity contribution is 1.06. The first-order valence-corrected chi connectivity index (χ1v) is 9.61. The molecular weight excluding hydrogens is 342 g/mol. The van der Waals surface area contributed by atoms with E-state index in [1.54, 1.807) is 0 Å². The summed E-state index contributed by atoms with van der Waals surface area (Å²) in [5.74, 6) is 0.794. The fourth-order valence-corrected chi connectivity index (χ4v) is 3.43. The molecule has 0 atom stereocenters. The Morgan fingerprint density at radius 1 is 0.607 bits per heavy atom. The molecular formula is C25H25N3. The average molecular weight is 367 g/mol. The second kappa shape index (κ2) is 7.08. The normalized spacial score (nSPS) is 11.0. The van der Waals surface area contributed by atoms with Crippen LogP contribution in [-0.4, -0.2) is 10.2 Å². The van der Waals surface area contributed by atoms with Gasteiger partial charge in [-0.2, -0.15) is 0 Å². The molecule has 0 saturated heterocycles. The number of nitrogens with zero attached hydrogens (tertiary/aromatic N) is 2. The highest BCUT2D eigenvalue weighted by Crippen LogP contribution is 2.33. The summed E-state index contributed by atoms with van der Waals surface area (Å²) in [6.07, 6.45) is 0. The van der Waals surface area contributed by atoms with Gasteiger partial charge in [-0.25, -0.2) is 0 Å². The summed E-state index contributed by atoms with van der Waals surface area (Å²) >= 11 is 0. The molecule has 0 saturated carbocycles. The van der Waals surface area contributed by atoms with Crippen LogP contribution < -0.4 is 5.32 Å². The lowest BCUT2D eigenvalue weighted by Gasteiger charge is -2.15. The number of benzene rings is 3. The fraction of sp³-hybridized carbons (Fsp3) is 0.200. The predicted molar refractivity (Wildman–Crippen MR) is 118 cm³/mol. The van der Waals surface area contributed by atoms with Gasteiger partial charge in [-0.3, -0.25) is 0 Å². The van der Waals surface area contributed by atoms with Crippen LogP contribution in [-0.2, 0) is 0 Å². The van der Waals surface area contributed by atoms with E-state index in [-0.39, 0.29) is 0 Å². The zero-order valence-electron chi connectivity index (χ0n) is 17.1. The molecule has 140 valence electrons. The summed E-state index contributed by atoms with van der Waals surface area (Å²) in [5.41, 5.74) is 9.22. The van der Waals surface area contributed by atoms with E-state index in [1.165, 1.54) is 27.8 Å². The Kier molecular flexibility index (Phi) is 4.60. The highest BCUT2D eigenvalue weighted by atomic mass is 15.2. The number of anilines is 2. The Bertz CT molecular complexity index is 1170. The molecule has 3 aromatic carbocycles. The molecule has 0 unspecified atom stereocenters. The Balaban J connectivity index is 1.91. The van der Waals surface area contributed by atoms with Crippen molar-refractivity contribution in [3.63, 3.8) is 0 Å². The molecule has 0 amide bonds. The second-order valence-corrected chi connectivity index (χ2v) is 7.69. The van der Waals surface area contributed by atoms with Crippen molar-refractivity contribution < 1.29 is 0 Å². The highest BCUT2D eigenvalue weighted by molar-refractivity contribution is 6.01. The summed E-state index contributed by atoms with van der Waals surface area (Å²) < 4.78 is 0. The van der Waals surface area contributed by atoms with E-state index in [0.717, 1.165) is 33.5 Å². The molecule has 4 aromatic rings. The van der Waals surface area contributed by atoms with Crippen LogP contribution in [0, 0.1) is 34.6 Å². The third-order valence-electron chi connectivity index (χ3n) is 5.37. The number of fused-ring (bicyclic) bond motifs is 1. The SMILES string of the molecule is Cc1ccc(-c2nnc(Nc3cc(C)ccc3C)c3cc(C)c(C)cc23)cc1. The first-order valence-electron chi connectivity index (χ1n) is 9.61. The number of hydrogen-bond acceptors (Lipinski definition) is 3. The van der Waals surface area contributed by atoms with E-state index >= 15 is 0 Å². The van der Waals surface area contributed by atoms with Crippen LogP contribution in [0.4, 0.5) is 11.5 Å². The minimum atomic E-state index is 0.794. The molecule has 0 aliphatic heterocycles. The van der Waals surface area contributed by atoms with Crippen molar-refractivity contribution in [2.75, 3.05) is 5.32 Å². The molecule has 0 spiro atoms. The predicted octanol–water partition coefficient (Wildman–Crippen LogP) is 6.58. The lowest BCUT2D eigenvalue weighted by Crippen LogP contribution is -2.01. The van der Waals surface area contributed by atoms with Gasteiger partial charge in [0.1, 0.15) is 5.69 Å². The molecule has 1 heterocycles. The van der Waals surface area contributed by atoms with Crippen LogP contribution in [0.25, 0.3) is 22.0 Å². The van der Waals surface area contributed by atoms with Gasteiger partial charge in [0.15, 0.2) is 5.82 Å². The Hall–Kier alpha value is -3.20. The van der Waals surface area contributed by atoms with Gasteiger partial charge in [0, 0.05) is 22.0 Å². The van der Waals surface area contributed by atoms with Crippen molar-refractivity contribution in [2.24, 2.45) is 0 Å². The van der Waals surface area contributed by atoms with Crippen LogP contribution in [0.15, 0.2) is 54.6 Å². The summed E-state index contributed by atoms with van der Waals surface area (Å²) in [6, 6.07) is 19.3. The summed E-state index contributed by atoms with van der Waals surface area (Å²) in [4.78, 5) is 0. The maximum atomic E-state index is 4.61. The average Bonchev–Trinajstić information content (AvgIpc) is 2.67. The lowest BCUT2D eigenvalue weighted by atomic mass is 9.99. The smallest absolute Gasteiger partial charge is 0.161 e. The van der Waals surface area contributed by atoms with Crippen LogP contribution in [0.5, 0.6) is 0 Å². The van der Waals surface area contributed by atoms with Gasteiger partial charge in [-0.05, 0) is 75.1 Å². The largest absolute Gasteiger partial charge is 0.338 e. The van der Waals surface area contributed by atoms with E-state index in [2.05, 4.69) is 105 Å². The first kappa shape index (κ1) is 18.2. The maximum absolute atomic E-state index is 4.61. The van der Waals surface area contributed by atoms with Crippen LogP contribution in [0.2, 0.25) is 0 Å². The standard InChI is InChI=1S/C25H25N3/c1-15-7-10-20(11-8-15)24-21-13-18(4)19(5)14-22(21)25(28-27-24)26-23-12-16(2)6-9-17(23)3/h6-14H,1-5H3,(H,26,28). The van der Waals surface area contributed by atoms with Crippen LogP contribution in [0.3, 0.4) is 0 Å². The molecule has 28 heavy (non-hydrogen) atoms. The van der Waals surface area contributed by atoms with E-state index in [0.29, 0.717) is 0 Å². The highest BCUT2D eigenvalue weighted by Gasteiger charge is 2.13. The molecule has 0 aliphatic rings. The molecule has 1 N–H and O–H groups in total. The van der Waals surface area contributed by atoms with E-state index < -0.39 is 0 Å². The first-order chi connectivity index (χ1) is 13.4. The van der Waals surface area contributed by atoms with Crippen molar-refractivity contribution in [1.82, 2.24) is 10.2 Å². The van der Waals surface area contributed by atoms with Crippen LogP contribution >= 0.6 is 0 Å². The molecule has 3 nitrogen and oxygen atoms in total. The number of hydrogen-bond donors (Lipinski definition) is 1. The molecule has 0 fully saturated rings. The third kappa shape index (κ3) is 3.36. The van der Waals surface area contributed by atoms with Gasteiger partial charge in [0.05, 0.1) is 0 Å². The minimum absolute atomic E-state index is 0.794. The van der Waals surface area contributed by atoms with E-state index in [9.17, 15) is 0 Å². The quantitative estimate of drug-likeness (QED) is 0.444. The van der Waals surface area contributed by atoms with Crippen molar-refractivity contribution >= 4 is 22.3 Å². The van der Waals surface area contributed by atoms with Gasteiger partial charge in [0.2, 0.25) is 0 Å². The van der Waals surface area contributed by atoms with Gasteiger partial charge in [-0.1, -0.05) is 42.0 Å². The van der Waals surface area contributed by atoms with Gasteiger partial charge < -0.3 is 5.32 Å². The Labute approximate surface area is 166 Å². The maximum Gasteiger partial charge on any atom is 0.161 e. The van der Waals surface area contributed by atoms with Crippen molar-refractivity contribution in [3.8, 4) is 11.3 Å². The molecule has 0 bridgehead atoms. The monoisotopic (exact) mass is 367 g/mol. The Morgan fingerprint density at radius 3 is 1.96 bits per heavy atom. The van der Waals surface area contributed by atoms with Crippen molar-refractivity contribution in [3.05, 3.63) is 82.4 Å². The zero-order valence-corrected chi connectivity index (χ0v) is 17.1. The van der Waals surface area contributed by atoms with Crippen molar-refractivity contribution in [2.45, 2.75) is 34.6 Å². The summed E-state index contributed by atoms with van der Waals surface area (Å²) in [6.45, 7) is 10.6. The number of nitrogens with one attached hydrogen (secondary N) is 1. The third-order valence-corrected chi connectivity index (χ3v) is 5.37. The minimum Gasteiger partial charge on any atom is -0.338 e. The van der Waals surface area contributed by atoms with Crippen LogP contribution in [0.1, 0.15) is 27.8 Å². The number of aryl methyl sites for hydroxylation is 5. The molecule has 4 rings (SSSR count). The fourth-order valence-electron chi connectivity index (χ4n) is 3.43. The molecule has 3 heteroatoms. The second-order valence-electron chi connectivity index (χ2n) is 7.69. The van der Waals surface area contributed by atoms with Gasteiger partial charge in [0.25, 0.3) is 0 Å². The number of aromatic nitrogens is 2. The Morgan fingerprint density at radius 2 is 1.25 bits per heavy atom.